The lowest BCUT2D eigenvalue weighted by molar-refractivity contribution is 0.145. The van der Waals surface area contributed by atoms with Gasteiger partial charge in [-0.05, 0) is 0 Å². The van der Waals surface area contributed by atoms with Crippen LogP contribution in [0, 0.1) is 0 Å². The number of nitrogens with one attached hydrogen (secondary N) is 1. The molecule has 0 unspecified atom stereocenters. The molecule has 0 aliphatic rings. The summed E-state index contributed by atoms with van der Waals surface area (Å²) in [5.74, 6) is -0.205. The molecule has 0 aromatic carbocycles. The second kappa shape index (κ2) is 3.74. The van der Waals surface area contributed by atoms with E-state index < -0.39 is 17.5 Å². The van der Waals surface area contributed by atoms with Gasteiger partial charge in [-0.1, -0.05) is 11.6 Å². The van der Waals surface area contributed by atoms with E-state index in [0.717, 1.165) is 6.07 Å². The summed E-state index contributed by atoms with van der Waals surface area (Å²) in [5.41, 5.74) is -1.63. The molecular formula is C7H6ClF2NO2. The first-order valence-corrected chi connectivity index (χ1v) is 3.69. The van der Waals surface area contributed by atoms with Crippen LogP contribution in [0.4, 0.5) is 8.78 Å². The molecule has 1 aromatic rings. The predicted molar refractivity (Wildman–Crippen MR) is 43.6 cm³/mol. The minimum Gasteiger partial charge on any atom is -0.496 e. The molecular weight excluding hydrogens is 204 g/mol. The Morgan fingerprint density at radius 1 is 1.62 bits per heavy atom. The zero-order valence-electron chi connectivity index (χ0n) is 6.61. The number of hydrogen-bond acceptors (Lipinski definition) is 2. The Morgan fingerprint density at radius 2 is 2.23 bits per heavy atom. The molecule has 0 aliphatic carbocycles. The first-order valence-electron chi connectivity index (χ1n) is 3.31. The number of hydrogen-bond donors (Lipinski definition) is 1. The number of aromatic amines is 1. The summed E-state index contributed by atoms with van der Waals surface area (Å²) in [6.07, 6.45) is -2.88. The maximum Gasteiger partial charge on any atom is 0.272 e. The largest absolute Gasteiger partial charge is 0.496 e. The molecule has 0 aliphatic heterocycles. The van der Waals surface area contributed by atoms with Crippen LogP contribution in [-0.4, -0.2) is 12.1 Å². The molecule has 0 atom stereocenters. The number of aromatic nitrogens is 1. The first-order chi connectivity index (χ1) is 6.06. The van der Waals surface area contributed by atoms with Crippen LogP contribution in [-0.2, 0) is 0 Å². The zero-order valence-corrected chi connectivity index (χ0v) is 7.36. The lowest BCUT2D eigenvalue weighted by Gasteiger charge is -2.06. The molecule has 1 heterocycles. The molecule has 1 aromatic heterocycles. The predicted octanol–water partition coefficient (Wildman–Crippen LogP) is 1.97. The Bertz CT molecular complexity index is 364. The van der Waals surface area contributed by atoms with Gasteiger partial charge in [0.05, 0.1) is 7.11 Å². The third-order valence-electron chi connectivity index (χ3n) is 1.44. The number of H-pyrrole nitrogens is 1. The molecule has 3 nitrogen and oxygen atoms in total. The van der Waals surface area contributed by atoms with Gasteiger partial charge in [0.1, 0.15) is 16.5 Å². The van der Waals surface area contributed by atoms with Crippen molar-refractivity contribution in [1.29, 1.82) is 0 Å². The number of alkyl halides is 2. The monoisotopic (exact) mass is 209 g/mol. The maximum absolute atomic E-state index is 12.3. The zero-order chi connectivity index (χ0) is 10.0. The van der Waals surface area contributed by atoms with Crippen molar-refractivity contribution in [3.8, 4) is 5.75 Å². The van der Waals surface area contributed by atoms with Crippen molar-refractivity contribution in [3.63, 3.8) is 0 Å². The summed E-state index contributed by atoms with van der Waals surface area (Å²) in [4.78, 5) is 13.0. The fourth-order valence-electron chi connectivity index (χ4n) is 0.892. The third-order valence-corrected chi connectivity index (χ3v) is 1.64. The van der Waals surface area contributed by atoms with Crippen LogP contribution in [0.3, 0.4) is 0 Å². The topological polar surface area (TPSA) is 42.1 Å². The smallest absolute Gasteiger partial charge is 0.272 e. The molecule has 0 amide bonds. The number of ether oxygens (including phenoxy) is 1. The van der Waals surface area contributed by atoms with E-state index in [1.807, 2.05) is 4.98 Å². The van der Waals surface area contributed by atoms with E-state index in [1.165, 1.54) is 7.11 Å². The lowest BCUT2D eigenvalue weighted by Crippen LogP contribution is -2.14. The van der Waals surface area contributed by atoms with Gasteiger partial charge in [-0.25, -0.2) is 8.78 Å². The maximum atomic E-state index is 12.3. The minimum absolute atomic E-state index is 0.0359. The third kappa shape index (κ3) is 1.98. The molecule has 72 valence electrons. The van der Waals surface area contributed by atoms with Crippen molar-refractivity contribution in [2.24, 2.45) is 0 Å². The number of halogens is 3. The highest BCUT2D eigenvalue weighted by Gasteiger charge is 2.18. The highest BCUT2D eigenvalue weighted by atomic mass is 35.5. The van der Waals surface area contributed by atoms with Crippen molar-refractivity contribution in [2.75, 3.05) is 7.11 Å². The van der Waals surface area contributed by atoms with Gasteiger partial charge in [-0.15, -0.1) is 0 Å². The van der Waals surface area contributed by atoms with Crippen LogP contribution in [0.5, 0.6) is 5.75 Å². The van der Waals surface area contributed by atoms with E-state index in [9.17, 15) is 13.6 Å². The molecule has 0 radical (unpaired) electrons. The lowest BCUT2D eigenvalue weighted by atomic mass is 10.2. The Morgan fingerprint density at radius 3 is 2.69 bits per heavy atom. The van der Waals surface area contributed by atoms with Crippen LogP contribution in [0.1, 0.15) is 12.0 Å². The van der Waals surface area contributed by atoms with Gasteiger partial charge in [0.25, 0.3) is 12.0 Å². The second-order valence-electron chi connectivity index (χ2n) is 2.23. The normalized spacial score (nSPS) is 10.5. The highest BCUT2D eigenvalue weighted by molar-refractivity contribution is 6.29. The molecule has 13 heavy (non-hydrogen) atoms. The summed E-state index contributed by atoms with van der Waals surface area (Å²) in [6.45, 7) is 0. The van der Waals surface area contributed by atoms with E-state index >= 15 is 0 Å². The van der Waals surface area contributed by atoms with Crippen molar-refractivity contribution in [2.45, 2.75) is 6.43 Å². The van der Waals surface area contributed by atoms with Crippen LogP contribution in [0.2, 0.25) is 5.15 Å². The molecule has 0 spiro atoms. The number of pyridine rings is 1. The SMILES string of the molecule is COc1cc(Cl)[nH]c(=O)c1C(F)F. The van der Waals surface area contributed by atoms with Crippen molar-refractivity contribution >= 4 is 11.6 Å². The van der Waals surface area contributed by atoms with Crippen molar-refractivity contribution in [1.82, 2.24) is 4.98 Å². The highest BCUT2D eigenvalue weighted by Crippen LogP contribution is 2.26. The van der Waals surface area contributed by atoms with Gasteiger partial charge in [-0.3, -0.25) is 4.79 Å². The minimum atomic E-state index is -2.88. The second-order valence-corrected chi connectivity index (χ2v) is 2.64. The van der Waals surface area contributed by atoms with E-state index in [1.54, 1.807) is 0 Å². The summed E-state index contributed by atoms with van der Waals surface area (Å²) >= 11 is 5.43. The Hall–Kier alpha value is -1.10. The molecule has 0 saturated heterocycles. The Balaban J connectivity index is 3.39. The van der Waals surface area contributed by atoms with Crippen LogP contribution < -0.4 is 10.3 Å². The van der Waals surface area contributed by atoms with E-state index in [0.29, 0.717) is 0 Å². The first kappa shape index (κ1) is 9.98. The summed E-state index contributed by atoms with van der Waals surface area (Å²) in [5, 5.41) is -0.0359. The molecule has 0 saturated carbocycles. The van der Waals surface area contributed by atoms with Crippen LogP contribution in [0.15, 0.2) is 10.9 Å². The van der Waals surface area contributed by atoms with Gasteiger partial charge >= 0.3 is 0 Å². The van der Waals surface area contributed by atoms with Gasteiger partial charge in [-0.2, -0.15) is 0 Å². The fraction of sp³-hybridized carbons (Fsp3) is 0.286. The number of methoxy groups -OCH3 is 1. The Kier molecular flexibility index (Phi) is 2.87. The molecule has 0 bridgehead atoms. The molecule has 6 heteroatoms. The van der Waals surface area contributed by atoms with Crippen LogP contribution >= 0.6 is 11.6 Å². The van der Waals surface area contributed by atoms with Gasteiger partial charge in [0.15, 0.2) is 0 Å². The van der Waals surface area contributed by atoms with Crippen molar-refractivity contribution < 1.29 is 13.5 Å². The van der Waals surface area contributed by atoms with Gasteiger partial charge in [0, 0.05) is 6.07 Å². The van der Waals surface area contributed by atoms with E-state index in [4.69, 9.17) is 11.6 Å². The fourth-order valence-corrected chi connectivity index (χ4v) is 1.08. The summed E-state index contributed by atoms with van der Waals surface area (Å²) in [6, 6.07) is 1.13. The Labute approximate surface area is 77.3 Å². The van der Waals surface area contributed by atoms with Crippen molar-refractivity contribution in [3.05, 3.63) is 27.1 Å². The molecule has 0 fully saturated rings. The average molecular weight is 210 g/mol. The van der Waals surface area contributed by atoms with Gasteiger partial charge < -0.3 is 9.72 Å². The molecule has 1 N–H and O–H groups in total. The van der Waals surface area contributed by atoms with E-state index in [2.05, 4.69) is 4.74 Å². The van der Waals surface area contributed by atoms with Gasteiger partial charge in [0.2, 0.25) is 0 Å². The average Bonchev–Trinajstić information content (AvgIpc) is 2.01. The quantitative estimate of drug-likeness (QED) is 0.757. The standard InChI is InChI=1S/C7H6ClF2NO2/c1-13-3-2-4(8)11-7(12)5(3)6(9)10/h2,6H,1H3,(H,11,12). The molecule has 1 rings (SSSR count). The van der Waals surface area contributed by atoms with E-state index in [-0.39, 0.29) is 10.9 Å². The van der Waals surface area contributed by atoms with Crippen LogP contribution in [0.25, 0.3) is 0 Å². The number of rotatable bonds is 2. The summed E-state index contributed by atoms with van der Waals surface area (Å²) in [7, 11) is 1.19. The summed E-state index contributed by atoms with van der Waals surface area (Å²) < 4.78 is 29.1.